The number of ether oxygens (including phenoxy) is 1. The van der Waals surface area contributed by atoms with Crippen LogP contribution < -0.4 is 21.1 Å². The van der Waals surface area contributed by atoms with Crippen molar-refractivity contribution >= 4 is 17.5 Å². The van der Waals surface area contributed by atoms with Gasteiger partial charge in [-0.15, -0.1) is 0 Å². The second-order valence-electron chi connectivity index (χ2n) is 6.71. The average molecular weight is 426 g/mol. The van der Waals surface area contributed by atoms with Gasteiger partial charge in [0.05, 0.1) is 0 Å². The van der Waals surface area contributed by atoms with E-state index < -0.39 is 6.04 Å². The number of amides is 2. The summed E-state index contributed by atoms with van der Waals surface area (Å²) in [7, 11) is 0. The standard InChI is InChI=1S/C21H23FN6O3/c22-15-3-7-17(8-4-15)31-18-9-5-16(6-10-18)26-21(30)19(2-1-11-23)27-20(29)12-28-14-24-13-25-28/h3-10,13-14,19H,1-2,11-12,23H2,(H,26,30)(H,27,29)/t19-/m0/s1. The van der Waals surface area contributed by atoms with Gasteiger partial charge in [-0.3, -0.25) is 9.59 Å². The van der Waals surface area contributed by atoms with Crippen LogP contribution in [0.4, 0.5) is 10.1 Å². The van der Waals surface area contributed by atoms with Crippen molar-refractivity contribution in [1.82, 2.24) is 20.1 Å². The molecule has 0 radical (unpaired) electrons. The van der Waals surface area contributed by atoms with Crippen molar-refractivity contribution in [1.29, 1.82) is 0 Å². The fourth-order valence-corrected chi connectivity index (χ4v) is 2.77. The highest BCUT2D eigenvalue weighted by Crippen LogP contribution is 2.23. The van der Waals surface area contributed by atoms with Gasteiger partial charge < -0.3 is 21.1 Å². The molecule has 1 aromatic heterocycles. The number of aromatic nitrogens is 3. The Hall–Kier alpha value is -3.79. The molecule has 3 rings (SSSR count). The van der Waals surface area contributed by atoms with Gasteiger partial charge in [-0.05, 0) is 67.9 Å². The smallest absolute Gasteiger partial charge is 0.246 e. The van der Waals surface area contributed by atoms with Gasteiger partial charge in [-0.1, -0.05) is 0 Å². The lowest BCUT2D eigenvalue weighted by molar-refractivity contribution is -0.127. The molecule has 0 unspecified atom stereocenters. The molecular formula is C21H23FN6O3. The first kappa shape index (κ1) is 21.9. The number of halogens is 1. The van der Waals surface area contributed by atoms with E-state index in [0.29, 0.717) is 36.6 Å². The number of benzene rings is 2. The van der Waals surface area contributed by atoms with Crippen LogP contribution in [-0.2, 0) is 16.1 Å². The minimum absolute atomic E-state index is 0.0399. The molecule has 0 aliphatic rings. The Balaban J connectivity index is 1.58. The van der Waals surface area contributed by atoms with E-state index in [1.807, 2.05) is 0 Å². The molecule has 4 N–H and O–H groups in total. The number of carbonyl (C=O) groups excluding carboxylic acids is 2. The minimum Gasteiger partial charge on any atom is -0.457 e. The van der Waals surface area contributed by atoms with Crippen LogP contribution in [0.2, 0.25) is 0 Å². The Labute approximate surface area is 178 Å². The Morgan fingerprint density at radius 1 is 1.10 bits per heavy atom. The Bertz CT molecular complexity index is 977. The van der Waals surface area contributed by atoms with Crippen molar-refractivity contribution in [3.8, 4) is 11.5 Å². The molecular weight excluding hydrogens is 403 g/mol. The van der Waals surface area contributed by atoms with Crippen LogP contribution in [-0.4, -0.2) is 39.2 Å². The molecule has 0 aliphatic carbocycles. The summed E-state index contributed by atoms with van der Waals surface area (Å²) in [5, 5.41) is 9.36. The van der Waals surface area contributed by atoms with E-state index in [1.165, 1.54) is 41.6 Å². The van der Waals surface area contributed by atoms with Crippen LogP contribution in [0.3, 0.4) is 0 Å². The molecule has 0 spiro atoms. The van der Waals surface area contributed by atoms with E-state index in [1.54, 1.807) is 24.3 Å². The summed E-state index contributed by atoms with van der Waals surface area (Å²) in [5.74, 6) is -0.0261. The van der Waals surface area contributed by atoms with Gasteiger partial charge in [0.1, 0.15) is 42.6 Å². The van der Waals surface area contributed by atoms with Crippen LogP contribution in [0.1, 0.15) is 12.8 Å². The zero-order valence-corrected chi connectivity index (χ0v) is 16.7. The van der Waals surface area contributed by atoms with Gasteiger partial charge in [0.15, 0.2) is 0 Å². The summed E-state index contributed by atoms with van der Waals surface area (Å²) in [5.41, 5.74) is 6.10. The highest BCUT2D eigenvalue weighted by atomic mass is 19.1. The Morgan fingerprint density at radius 2 is 1.77 bits per heavy atom. The number of nitrogens with one attached hydrogen (secondary N) is 2. The molecule has 0 bridgehead atoms. The van der Waals surface area contributed by atoms with Crippen molar-refractivity contribution < 1.29 is 18.7 Å². The summed E-state index contributed by atoms with van der Waals surface area (Å²) < 4.78 is 20.0. The zero-order valence-electron chi connectivity index (χ0n) is 16.7. The van der Waals surface area contributed by atoms with Gasteiger partial charge in [-0.25, -0.2) is 14.1 Å². The quantitative estimate of drug-likeness (QED) is 0.456. The number of anilines is 1. The number of nitrogens with two attached hydrogens (primary N) is 1. The number of nitrogens with zero attached hydrogens (tertiary/aromatic N) is 3. The molecule has 1 heterocycles. The van der Waals surface area contributed by atoms with E-state index in [-0.39, 0.29) is 24.2 Å². The maximum Gasteiger partial charge on any atom is 0.246 e. The second-order valence-corrected chi connectivity index (χ2v) is 6.71. The Kier molecular flexibility index (Phi) is 7.66. The fourth-order valence-electron chi connectivity index (χ4n) is 2.77. The molecule has 9 nitrogen and oxygen atoms in total. The topological polar surface area (TPSA) is 124 Å². The second kappa shape index (κ2) is 10.8. The maximum atomic E-state index is 13.0. The summed E-state index contributed by atoms with van der Waals surface area (Å²) in [6.07, 6.45) is 3.72. The molecule has 3 aromatic rings. The van der Waals surface area contributed by atoms with Crippen molar-refractivity contribution in [2.24, 2.45) is 5.73 Å². The average Bonchev–Trinajstić information content (AvgIpc) is 3.27. The van der Waals surface area contributed by atoms with Crippen LogP contribution >= 0.6 is 0 Å². The number of carbonyl (C=O) groups is 2. The molecule has 0 fully saturated rings. The van der Waals surface area contributed by atoms with Crippen LogP contribution in [0.5, 0.6) is 11.5 Å². The van der Waals surface area contributed by atoms with E-state index in [0.717, 1.165) is 0 Å². The van der Waals surface area contributed by atoms with Crippen LogP contribution in [0, 0.1) is 5.82 Å². The third-order valence-electron chi connectivity index (χ3n) is 4.29. The van der Waals surface area contributed by atoms with E-state index in [2.05, 4.69) is 20.7 Å². The maximum absolute atomic E-state index is 13.0. The first-order valence-corrected chi connectivity index (χ1v) is 9.69. The first-order chi connectivity index (χ1) is 15.0. The molecule has 0 aliphatic heterocycles. The summed E-state index contributed by atoms with van der Waals surface area (Å²) in [6.45, 7) is 0.361. The van der Waals surface area contributed by atoms with E-state index in [9.17, 15) is 14.0 Å². The largest absolute Gasteiger partial charge is 0.457 e. The molecule has 1 atom stereocenters. The SMILES string of the molecule is NCCC[C@H](NC(=O)Cn1cncn1)C(=O)Nc1ccc(Oc2ccc(F)cc2)cc1. The van der Waals surface area contributed by atoms with Crippen molar-refractivity contribution in [3.05, 3.63) is 67.0 Å². The lowest BCUT2D eigenvalue weighted by Crippen LogP contribution is -2.45. The lowest BCUT2D eigenvalue weighted by atomic mass is 10.1. The number of hydrogen-bond donors (Lipinski definition) is 3. The molecule has 31 heavy (non-hydrogen) atoms. The number of rotatable bonds is 10. The molecule has 10 heteroatoms. The summed E-state index contributed by atoms with van der Waals surface area (Å²) in [4.78, 5) is 28.7. The molecule has 0 saturated heterocycles. The lowest BCUT2D eigenvalue weighted by Gasteiger charge is -2.18. The summed E-state index contributed by atoms with van der Waals surface area (Å²) >= 11 is 0. The normalized spacial score (nSPS) is 11.5. The van der Waals surface area contributed by atoms with Crippen LogP contribution in [0.25, 0.3) is 0 Å². The molecule has 0 saturated carbocycles. The van der Waals surface area contributed by atoms with Crippen molar-refractivity contribution in [3.63, 3.8) is 0 Å². The summed E-state index contributed by atoms with van der Waals surface area (Å²) in [6, 6.07) is 11.6. The van der Waals surface area contributed by atoms with Gasteiger partial charge in [0.25, 0.3) is 0 Å². The highest BCUT2D eigenvalue weighted by molar-refractivity contribution is 5.97. The zero-order chi connectivity index (χ0) is 22.1. The molecule has 2 amide bonds. The number of hydrogen-bond acceptors (Lipinski definition) is 6. The third-order valence-corrected chi connectivity index (χ3v) is 4.29. The monoisotopic (exact) mass is 426 g/mol. The predicted octanol–water partition coefficient (Wildman–Crippen LogP) is 2.07. The third kappa shape index (κ3) is 6.89. The fraction of sp³-hybridized carbons (Fsp3) is 0.238. The van der Waals surface area contributed by atoms with Crippen molar-refractivity contribution in [2.75, 3.05) is 11.9 Å². The van der Waals surface area contributed by atoms with Gasteiger partial charge >= 0.3 is 0 Å². The van der Waals surface area contributed by atoms with E-state index >= 15 is 0 Å². The van der Waals surface area contributed by atoms with Gasteiger partial charge in [-0.2, -0.15) is 5.10 Å². The minimum atomic E-state index is -0.741. The predicted molar refractivity (Wildman–Crippen MR) is 112 cm³/mol. The van der Waals surface area contributed by atoms with E-state index in [4.69, 9.17) is 10.5 Å². The highest BCUT2D eigenvalue weighted by Gasteiger charge is 2.20. The van der Waals surface area contributed by atoms with Crippen molar-refractivity contribution in [2.45, 2.75) is 25.4 Å². The first-order valence-electron chi connectivity index (χ1n) is 9.69. The van der Waals surface area contributed by atoms with Gasteiger partial charge in [0, 0.05) is 5.69 Å². The van der Waals surface area contributed by atoms with Gasteiger partial charge in [0.2, 0.25) is 11.8 Å². The molecule has 2 aromatic carbocycles. The van der Waals surface area contributed by atoms with Crippen LogP contribution in [0.15, 0.2) is 61.2 Å². The molecule has 162 valence electrons. The Morgan fingerprint density at radius 3 is 2.39 bits per heavy atom.